The van der Waals surface area contributed by atoms with Crippen LogP contribution in [0.5, 0.6) is 0 Å². The third kappa shape index (κ3) is 2.21. The minimum Gasteiger partial charge on any atom is -0.392 e. The smallest absolute Gasteiger partial charge is 0.123 e. The number of aromatic nitrogens is 1. The molecule has 0 spiro atoms. The molecule has 0 unspecified atom stereocenters. The van der Waals surface area contributed by atoms with Crippen molar-refractivity contribution in [2.24, 2.45) is 0 Å². The topological polar surface area (TPSA) is 33.1 Å². The molecule has 2 aromatic rings. The molecule has 0 fully saturated rings. The van der Waals surface area contributed by atoms with Gasteiger partial charge in [-0.1, -0.05) is 23.7 Å². The first kappa shape index (κ1) is 11.0. The Morgan fingerprint density at radius 3 is 2.81 bits per heavy atom. The van der Waals surface area contributed by atoms with Gasteiger partial charge in [-0.3, -0.25) is 4.98 Å². The molecule has 82 valence electrons. The van der Waals surface area contributed by atoms with E-state index in [1.54, 1.807) is 18.2 Å². The number of rotatable bonds is 2. The van der Waals surface area contributed by atoms with Crippen molar-refractivity contribution in [2.75, 3.05) is 0 Å². The van der Waals surface area contributed by atoms with E-state index in [9.17, 15) is 4.39 Å². The highest BCUT2D eigenvalue weighted by atomic mass is 35.5. The Kier molecular flexibility index (Phi) is 3.17. The maximum atomic E-state index is 13.0. The summed E-state index contributed by atoms with van der Waals surface area (Å²) in [5, 5.41) is 9.46. The standard InChI is InChI=1S/C12H9ClFNO/c13-11-6-15-12(5-9(11)7-16)8-2-1-3-10(14)4-8/h1-6,16H,7H2. The van der Waals surface area contributed by atoms with Crippen LogP contribution in [-0.4, -0.2) is 10.1 Å². The van der Waals surface area contributed by atoms with E-state index in [4.69, 9.17) is 16.7 Å². The highest BCUT2D eigenvalue weighted by molar-refractivity contribution is 6.31. The van der Waals surface area contributed by atoms with Crippen LogP contribution < -0.4 is 0 Å². The van der Waals surface area contributed by atoms with E-state index in [0.717, 1.165) is 0 Å². The van der Waals surface area contributed by atoms with Crippen LogP contribution in [0.4, 0.5) is 4.39 Å². The molecule has 2 nitrogen and oxygen atoms in total. The van der Waals surface area contributed by atoms with Crippen molar-refractivity contribution in [1.29, 1.82) is 0 Å². The summed E-state index contributed by atoms with van der Waals surface area (Å²) in [5.41, 5.74) is 1.83. The lowest BCUT2D eigenvalue weighted by Gasteiger charge is -2.04. The van der Waals surface area contributed by atoms with Crippen LogP contribution in [0.15, 0.2) is 36.5 Å². The molecule has 4 heteroatoms. The number of aliphatic hydroxyl groups excluding tert-OH is 1. The van der Waals surface area contributed by atoms with Gasteiger partial charge in [0, 0.05) is 11.8 Å². The van der Waals surface area contributed by atoms with Crippen LogP contribution in [0.1, 0.15) is 5.56 Å². The number of hydrogen-bond acceptors (Lipinski definition) is 2. The minimum absolute atomic E-state index is 0.163. The van der Waals surface area contributed by atoms with Crippen LogP contribution in [0.25, 0.3) is 11.3 Å². The van der Waals surface area contributed by atoms with E-state index in [2.05, 4.69) is 4.98 Å². The number of aliphatic hydroxyl groups is 1. The van der Waals surface area contributed by atoms with Crippen LogP contribution in [0.3, 0.4) is 0 Å². The molecular weight excluding hydrogens is 229 g/mol. The Morgan fingerprint density at radius 2 is 2.12 bits per heavy atom. The summed E-state index contributed by atoms with van der Waals surface area (Å²) >= 11 is 5.82. The molecule has 16 heavy (non-hydrogen) atoms. The van der Waals surface area contributed by atoms with Gasteiger partial charge in [0.15, 0.2) is 0 Å². The summed E-state index contributed by atoms with van der Waals surface area (Å²) in [6.45, 7) is -0.163. The number of pyridine rings is 1. The number of halogens is 2. The summed E-state index contributed by atoms with van der Waals surface area (Å²) in [7, 11) is 0. The van der Waals surface area contributed by atoms with Crippen molar-refractivity contribution in [3.05, 3.63) is 52.9 Å². The monoisotopic (exact) mass is 237 g/mol. The van der Waals surface area contributed by atoms with Crippen molar-refractivity contribution in [3.63, 3.8) is 0 Å². The Hall–Kier alpha value is -1.45. The van der Waals surface area contributed by atoms with E-state index in [0.29, 0.717) is 21.8 Å². The van der Waals surface area contributed by atoms with E-state index < -0.39 is 0 Å². The zero-order valence-corrected chi connectivity index (χ0v) is 9.08. The van der Waals surface area contributed by atoms with Gasteiger partial charge in [-0.25, -0.2) is 4.39 Å². The number of benzene rings is 1. The quantitative estimate of drug-likeness (QED) is 0.871. The number of nitrogens with zero attached hydrogens (tertiary/aromatic N) is 1. The molecule has 1 heterocycles. The van der Waals surface area contributed by atoms with Gasteiger partial charge in [0.25, 0.3) is 0 Å². The largest absolute Gasteiger partial charge is 0.392 e. The summed E-state index contributed by atoms with van der Waals surface area (Å²) in [6, 6.07) is 7.76. The molecule has 0 aliphatic heterocycles. The number of hydrogen-bond donors (Lipinski definition) is 1. The van der Waals surface area contributed by atoms with Gasteiger partial charge in [0.2, 0.25) is 0 Å². The fourth-order valence-corrected chi connectivity index (χ4v) is 1.57. The molecule has 1 aromatic heterocycles. The third-order valence-corrected chi connectivity index (χ3v) is 2.57. The SMILES string of the molecule is OCc1cc(-c2cccc(F)c2)ncc1Cl. The van der Waals surface area contributed by atoms with Gasteiger partial charge < -0.3 is 5.11 Å². The van der Waals surface area contributed by atoms with Gasteiger partial charge in [0.05, 0.1) is 17.3 Å². The molecule has 0 saturated heterocycles. The van der Waals surface area contributed by atoms with Crippen molar-refractivity contribution >= 4 is 11.6 Å². The highest BCUT2D eigenvalue weighted by Gasteiger charge is 2.05. The predicted octanol–water partition coefficient (Wildman–Crippen LogP) is 3.03. The zero-order chi connectivity index (χ0) is 11.5. The average molecular weight is 238 g/mol. The fraction of sp³-hybridized carbons (Fsp3) is 0.0833. The molecule has 0 bridgehead atoms. The van der Waals surface area contributed by atoms with Crippen LogP contribution in [-0.2, 0) is 6.61 Å². The van der Waals surface area contributed by atoms with E-state index in [1.807, 2.05) is 0 Å². The first-order valence-electron chi connectivity index (χ1n) is 4.72. The van der Waals surface area contributed by atoms with E-state index >= 15 is 0 Å². The lowest BCUT2D eigenvalue weighted by atomic mass is 10.1. The molecule has 0 aliphatic carbocycles. The maximum Gasteiger partial charge on any atom is 0.123 e. The summed E-state index contributed by atoms with van der Waals surface area (Å²) in [5.74, 6) is -0.320. The van der Waals surface area contributed by atoms with Gasteiger partial charge in [0.1, 0.15) is 5.82 Å². The second-order valence-corrected chi connectivity index (χ2v) is 3.74. The molecule has 1 N–H and O–H groups in total. The fourth-order valence-electron chi connectivity index (χ4n) is 1.41. The Morgan fingerprint density at radius 1 is 1.31 bits per heavy atom. The van der Waals surface area contributed by atoms with E-state index in [1.165, 1.54) is 18.3 Å². The summed E-state index contributed by atoms with van der Waals surface area (Å²) < 4.78 is 13.0. The maximum absolute atomic E-state index is 13.0. The van der Waals surface area contributed by atoms with Crippen molar-refractivity contribution in [1.82, 2.24) is 4.98 Å². The second kappa shape index (κ2) is 4.60. The van der Waals surface area contributed by atoms with Crippen LogP contribution in [0, 0.1) is 5.82 Å². The Labute approximate surface area is 97.3 Å². The highest BCUT2D eigenvalue weighted by Crippen LogP contribution is 2.23. The molecule has 0 radical (unpaired) electrons. The Bertz CT molecular complexity index is 516. The molecule has 0 atom stereocenters. The predicted molar refractivity (Wildman–Crippen MR) is 60.6 cm³/mol. The lowest BCUT2D eigenvalue weighted by Crippen LogP contribution is -1.90. The Balaban J connectivity index is 2.48. The molecule has 0 saturated carbocycles. The third-order valence-electron chi connectivity index (χ3n) is 2.23. The van der Waals surface area contributed by atoms with Crippen LogP contribution >= 0.6 is 11.6 Å². The lowest BCUT2D eigenvalue weighted by molar-refractivity contribution is 0.282. The van der Waals surface area contributed by atoms with Gasteiger partial charge >= 0.3 is 0 Å². The summed E-state index contributed by atoms with van der Waals surface area (Å²) in [4.78, 5) is 4.09. The van der Waals surface area contributed by atoms with Gasteiger partial charge in [-0.2, -0.15) is 0 Å². The molecule has 2 rings (SSSR count). The van der Waals surface area contributed by atoms with Gasteiger partial charge in [-0.05, 0) is 23.8 Å². The summed E-state index contributed by atoms with van der Waals surface area (Å²) in [6.07, 6.45) is 1.45. The first-order valence-corrected chi connectivity index (χ1v) is 5.09. The molecule has 0 aliphatic rings. The zero-order valence-electron chi connectivity index (χ0n) is 8.32. The van der Waals surface area contributed by atoms with Crippen molar-refractivity contribution < 1.29 is 9.50 Å². The second-order valence-electron chi connectivity index (χ2n) is 3.33. The normalized spacial score (nSPS) is 10.4. The van der Waals surface area contributed by atoms with E-state index in [-0.39, 0.29) is 12.4 Å². The van der Waals surface area contributed by atoms with Crippen LogP contribution in [0.2, 0.25) is 5.02 Å². The first-order chi connectivity index (χ1) is 7.70. The average Bonchev–Trinajstić information content (AvgIpc) is 2.29. The molecular formula is C12H9ClFNO. The van der Waals surface area contributed by atoms with Gasteiger partial charge in [-0.15, -0.1) is 0 Å². The minimum atomic E-state index is -0.320. The van der Waals surface area contributed by atoms with Crippen molar-refractivity contribution in [3.8, 4) is 11.3 Å². The molecule has 1 aromatic carbocycles. The van der Waals surface area contributed by atoms with Crippen molar-refractivity contribution in [2.45, 2.75) is 6.61 Å². The molecule has 0 amide bonds.